The van der Waals surface area contributed by atoms with E-state index in [9.17, 15) is 14.9 Å². The molecule has 10 heteroatoms. The van der Waals surface area contributed by atoms with Gasteiger partial charge in [-0.3, -0.25) is 15.0 Å². The quantitative estimate of drug-likeness (QED) is 0.367. The van der Waals surface area contributed by atoms with Gasteiger partial charge in [-0.15, -0.1) is 0 Å². The summed E-state index contributed by atoms with van der Waals surface area (Å²) in [6, 6.07) is -0.394. The first-order valence-corrected chi connectivity index (χ1v) is 11.5. The number of ether oxygens (including phenoxy) is 1. The van der Waals surface area contributed by atoms with E-state index in [1.54, 1.807) is 20.8 Å². The molecule has 0 aliphatic carbocycles. The van der Waals surface area contributed by atoms with Crippen molar-refractivity contribution in [2.75, 3.05) is 6.54 Å². The number of hydrogen-bond acceptors (Lipinski definition) is 5. The zero-order chi connectivity index (χ0) is 19.6. The zero-order valence-electron chi connectivity index (χ0n) is 17.7. The van der Waals surface area contributed by atoms with Crippen molar-refractivity contribution in [3.8, 4) is 0 Å². The third kappa shape index (κ3) is 8.88. The van der Waals surface area contributed by atoms with Gasteiger partial charge in [0, 0.05) is 12.6 Å². The lowest BCUT2D eigenvalue weighted by molar-refractivity contribution is -0.402. The second-order valence-corrected chi connectivity index (χ2v) is 13.8. The van der Waals surface area contributed by atoms with E-state index < -0.39 is 31.0 Å². The van der Waals surface area contributed by atoms with Crippen LogP contribution in [0, 0.1) is 10.1 Å². The van der Waals surface area contributed by atoms with E-state index in [1.807, 2.05) is 0 Å². The highest BCUT2D eigenvalue weighted by Crippen LogP contribution is 2.39. The van der Waals surface area contributed by atoms with Gasteiger partial charge in [0.1, 0.15) is 5.60 Å². The van der Waals surface area contributed by atoms with Gasteiger partial charge in [0.15, 0.2) is 8.32 Å². The van der Waals surface area contributed by atoms with Crippen LogP contribution in [-0.4, -0.2) is 48.5 Å². The summed E-state index contributed by atoms with van der Waals surface area (Å²) in [6.45, 7) is 16.6. The number of likely N-dealkylation sites (tertiary alicyclic amines) is 1. The molecule has 1 aliphatic heterocycles. The predicted octanol–water partition coefficient (Wildman–Crippen LogP) is 4.40. The summed E-state index contributed by atoms with van der Waals surface area (Å²) >= 11 is 0. The van der Waals surface area contributed by atoms with Gasteiger partial charge in [0.05, 0.1) is 17.1 Å². The summed E-state index contributed by atoms with van der Waals surface area (Å²) in [6.07, 6.45) is 2.26. The van der Waals surface area contributed by atoms with Gasteiger partial charge in [0.2, 0.25) is 6.20 Å². The molecular weight excluding hydrogens is 404 g/mol. The number of carbonyl (C=O) groups is 1. The summed E-state index contributed by atoms with van der Waals surface area (Å²) in [5, 5.41) is 10.7. The lowest BCUT2D eigenvalue weighted by Gasteiger charge is -2.38. The molecule has 2 unspecified atom stereocenters. The highest BCUT2D eigenvalue weighted by molar-refractivity contribution is 7.59. The van der Waals surface area contributed by atoms with Crippen molar-refractivity contribution in [2.45, 2.75) is 83.8 Å². The molecule has 7 nitrogen and oxygen atoms in total. The van der Waals surface area contributed by atoms with Gasteiger partial charge in [-0.1, -0.05) is 20.8 Å². The van der Waals surface area contributed by atoms with Crippen molar-refractivity contribution in [3.05, 3.63) is 22.4 Å². The van der Waals surface area contributed by atoms with E-state index >= 15 is 0 Å². The van der Waals surface area contributed by atoms with Crippen molar-refractivity contribution < 1.29 is 18.9 Å². The molecule has 1 rings (SSSR count). The van der Waals surface area contributed by atoms with Crippen molar-refractivity contribution >= 4 is 41.4 Å². The summed E-state index contributed by atoms with van der Waals surface area (Å²) in [7, 11) is -1.99. The van der Waals surface area contributed by atoms with Crippen LogP contribution in [0.25, 0.3) is 0 Å². The van der Waals surface area contributed by atoms with Crippen LogP contribution in [0.2, 0.25) is 18.1 Å². The fourth-order valence-electron chi connectivity index (χ4n) is 2.39. The Morgan fingerprint density at radius 3 is 2.11 bits per heavy atom. The number of amides is 1. The van der Waals surface area contributed by atoms with E-state index in [-0.39, 0.29) is 38.1 Å². The first kappa shape index (κ1) is 28.5. The first-order chi connectivity index (χ1) is 11.1. The van der Waals surface area contributed by atoms with Crippen LogP contribution in [0.3, 0.4) is 0 Å². The van der Waals surface area contributed by atoms with E-state index in [1.165, 1.54) is 11.0 Å². The molecule has 1 aliphatic rings. The van der Waals surface area contributed by atoms with Crippen molar-refractivity contribution in [1.29, 1.82) is 0 Å². The molecule has 27 heavy (non-hydrogen) atoms. The topological polar surface area (TPSA) is 81.9 Å². The Balaban J connectivity index is 0. The monoisotopic (exact) mass is 440 g/mol. The molecule has 0 bridgehead atoms. The average molecular weight is 441 g/mol. The lowest BCUT2D eigenvalue weighted by Crippen LogP contribution is -2.45. The molecule has 1 heterocycles. The largest absolute Gasteiger partial charge is 0.444 e. The summed E-state index contributed by atoms with van der Waals surface area (Å²) < 4.78 is 11.8. The van der Waals surface area contributed by atoms with Crippen molar-refractivity contribution in [1.82, 2.24) is 4.90 Å². The summed E-state index contributed by atoms with van der Waals surface area (Å²) in [5.74, 6) is 0. The number of nitro groups is 1. The van der Waals surface area contributed by atoms with Crippen LogP contribution >= 0.6 is 27.0 Å². The molecule has 0 aromatic carbocycles. The predicted molar refractivity (Wildman–Crippen MR) is 120 cm³/mol. The van der Waals surface area contributed by atoms with Crippen LogP contribution in [0.5, 0.6) is 0 Å². The number of rotatable bonds is 4. The summed E-state index contributed by atoms with van der Waals surface area (Å²) in [5.41, 5.74) is -0.618. The Morgan fingerprint density at radius 2 is 1.70 bits per heavy atom. The van der Waals surface area contributed by atoms with Crippen LogP contribution in [0.15, 0.2) is 12.3 Å². The Bertz CT molecular complexity index is 544. The van der Waals surface area contributed by atoms with E-state index in [2.05, 4.69) is 33.9 Å². The summed E-state index contributed by atoms with van der Waals surface area (Å²) in [4.78, 5) is 24.2. The van der Waals surface area contributed by atoms with Crippen LogP contribution < -0.4 is 0 Å². The van der Waals surface area contributed by atoms with Gasteiger partial charge in [-0.25, -0.2) is 4.79 Å². The van der Waals surface area contributed by atoms with Gasteiger partial charge < -0.3 is 9.16 Å². The number of hydrogen-bond donors (Lipinski definition) is 0. The standard InChI is InChI=1S/C17H32N2O5Si.2H2S/c1-16(2,3)23-15(20)18-12-14(11-13(18)9-10-19(21)22)24-25(7,8)17(4,5)6;;/h9-10,13-14H,11-12H2,1-8H3;2*1H2/b10-9+;;. The third-order valence-corrected chi connectivity index (χ3v) is 9.17. The first-order valence-electron chi connectivity index (χ1n) is 8.61. The third-order valence-electron chi connectivity index (χ3n) is 4.63. The fourth-order valence-corrected chi connectivity index (χ4v) is 3.74. The Labute approximate surface area is 178 Å². The second kappa shape index (κ2) is 10.2. The number of nitrogens with zero attached hydrogens (tertiary/aromatic N) is 2. The van der Waals surface area contributed by atoms with Gasteiger partial charge in [-0.2, -0.15) is 27.0 Å². The molecule has 1 amide bonds. The van der Waals surface area contributed by atoms with E-state index in [4.69, 9.17) is 9.16 Å². The van der Waals surface area contributed by atoms with Crippen molar-refractivity contribution in [3.63, 3.8) is 0 Å². The molecule has 1 fully saturated rings. The fraction of sp³-hybridized carbons (Fsp3) is 0.824. The normalized spacial score (nSPS) is 20.8. The van der Waals surface area contributed by atoms with Crippen LogP contribution in [0.4, 0.5) is 4.79 Å². The van der Waals surface area contributed by atoms with E-state index in [0.717, 1.165) is 6.20 Å². The van der Waals surface area contributed by atoms with Gasteiger partial charge in [0.25, 0.3) is 0 Å². The minimum atomic E-state index is -1.99. The highest BCUT2D eigenvalue weighted by atomic mass is 32.1. The molecule has 0 radical (unpaired) electrons. The maximum absolute atomic E-state index is 12.5. The maximum atomic E-state index is 12.5. The maximum Gasteiger partial charge on any atom is 0.410 e. The minimum absolute atomic E-state index is 0. The molecule has 0 spiro atoms. The molecular formula is C17H36N2O5S2Si. The molecule has 0 aromatic heterocycles. The zero-order valence-corrected chi connectivity index (χ0v) is 20.7. The highest BCUT2D eigenvalue weighted by Gasteiger charge is 2.44. The second-order valence-electron chi connectivity index (χ2n) is 9.06. The van der Waals surface area contributed by atoms with Crippen LogP contribution in [0.1, 0.15) is 48.0 Å². The smallest absolute Gasteiger partial charge is 0.410 e. The SMILES string of the molecule is CC(C)(C)OC(=O)N1CC(O[Si](C)(C)C(C)(C)C)CC1/C=C/[N+](=O)[O-].S.S. The Kier molecular flexibility index (Phi) is 10.7. The molecule has 0 saturated carbocycles. The Hall–Kier alpha value is -0.713. The molecule has 160 valence electrons. The Morgan fingerprint density at radius 1 is 1.19 bits per heavy atom. The lowest BCUT2D eigenvalue weighted by atomic mass is 10.2. The average Bonchev–Trinajstić information content (AvgIpc) is 2.75. The van der Waals surface area contributed by atoms with Crippen molar-refractivity contribution in [2.24, 2.45) is 0 Å². The van der Waals surface area contributed by atoms with Gasteiger partial charge >= 0.3 is 6.09 Å². The van der Waals surface area contributed by atoms with Gasteiger partial charge in [-0.05, 0) is 45.3 Å². The minimum Gasteiger partial charge on any atom is -0.444 e. The molecule has 1 saturated heterocycles. The molecule has 0 aromatic rings. The van der Waals surface area contributed by atoms with E-state index in [0.29, 0.717) is 13.0 Å². The molecule has 0 N–H and O–H groups in total. The number of carbonyl (C=O) groups excluding carboxylic acids is 1. The van der Waals surface area contributed by atoms with Crippen LogP contribution in [-0.2, 0) is 9.16 Å². The molecule has 2 atom stereocenters.